The SMILES string of the molecule is C=C(C)COc1ccc(C(=O)CCC(=O)OCC)cc1. The maximum atomic E-state index is 11.9. The van der Waals surface area contributed by atoms with Crippen LogP contribution in [0, 0.1) is 0 Å². The Bertz CT molecular complexity index is 474. The van der Waals surface area contributed by atoms with Gasteiger partial charge >= 0.3 is 5.97 Å². The maximum Gasteiger partial charge on any atom is 0.306 e. The van der Waals surface area contributed by atoms with Crippen molar-refractivity contribution in [3.63, 3.8) is 0 Å². The quantitative estimate of drug-likeness (QED) is 0.416. The lowest BCUT2D eigenvalue weighted by atomic mass is 10.1. The van der Waals surface area contributed by atoms with Gasteiger partial charge in [0.05, 0.1) is 13.0 Å². The number of hydrogen-bond donors (Lipinski definition) is 0. The number of benzene rings is 1. The highest BCUT2D eigenvalue weighted by Gasteiger charge is 2.10. The average Bonchev–Trinajstić information content (AvgIpc) is 2.43. The monoisotopic (exact) mass is 276 g/mol. The summed E-state index contributed by atoms with van der Waals surface area (Å²) in [6.07, 6.45) is 0.269. The summed E-state index contributed by atoms with van der Waals surface area (Å²) < 4.78 is 10.2. The molecule has 1 aromatic carbocycles. The molecule has 0 unspecified atom stereocenters. The van der Waals surface area contributed by atoms with Crippen molar-refractivity contribution < 1.29 is 19.1 Å². The van der Waals surface area contributed by atoms with Gasteiger partial charge < -0.3 is 9.47 Å². The van der Waals surface area contributed by atoms with Crippen LogP contribution in [0.25, 0.3) is 0 Å². The van der Waals surface area contributed by atoms with E-state index in [4.69, 9.17) is 9.47 Å². The summed E-state index contributed by atoms with van der Waals surface area (Å²) in [4.78, 5) is 23.0. The summed E-state index contributed by atoms with van der Waals surface area (Å²) in [5.74, 6) is 0.265. The lowest BCUT2D eigenvalue weighted by Gasteiger charge is -2.06. The Balaban J connectivity index is 2.48. The first-order valence-corrected chi connectivity index (χ1v) is 6.59. The van der Waals surface area contributed by atoms with E-state index in [-0.39, 0.29) is 24.6 Å². The van der Waals surface area contributed by atoms with Crippen LogP contribution in [0.4, 0.5) is 0 Å². The summed E-state index contributed by atoms with van der Waals surface area (Å²) in [6, 6.07) is 6.86. The summed E-state index contributed by atoms with van der Waals surface area (Å²) in [5.41, 5.74) is 1.50. The first-order chi connectivity index (χ1) is 9.52. The van der Waals surface area contributed by atoms with Crippen LogP contribution in [0.15, 0.2) is 36.4 Å². The van der Waals surface area contributed by atoms with Crippen molar-refractivity contribution in [3.8, 4) is 5.75 Å². The van der Waals surface area contributed by atoms with E-state index in [0.29, 0.717) is 24.5 Å². The van der Waals surface area contributed by atoms with Gasteiger partial charge in [0.25, 0.3) is 0 Å². The van der Waals surface area contributed by atoms with Gasteiger partial charge in [-0.15, -0.1) is 0 Å². The molecule has 20 heavy (non-hydrogen) atoms. The molecule has 1 rings (SSSR count). The third-order valence-corrected chi connectivity index (χ3v) is 2.52. The number of Topliss-reactive ketones (excluding diaryl/α,β-unsaturated/α-hetero) is 1. The second kappa shape index (κ2) is 8.15. The molecule has 0 saturated heterocycles. The maximum absolute atomic E-state index is 11.9. The van der Waals surface area contributed by atoms with Gasteiger partial charge in [0.2, 0.25) is 0 Å². The van der Waals surface area contributed by atoms with Crippen LogP contribution in [-0.4, -0.2) is 25.0 Å². The molecule has 0 heterocycles. The second-order valence-electron chi connectivity index (χ2n) is 4.50. The molecule has 0 bridgehead atoms. The average molecular weight is 276 g/mol. The molecule has 0 spiro atoms. The van der Waals surface area contributed by atoms with Crippen LogP contribution in [-0.2, 0) is 9.53 Å². The fraction of sp³-hybridized carbons (Fsp3) is 0.375. The van der Waals surface area contributed by atoms with Gasteiger partial charge in [-0.1, -0.05) is 6.58 Å². The first kappa shape index (κ1) is 16.0. The minimum absolute atomic E-state index is 0.0792. The van der Waals surface area contributed by atoms with Crippen molar-refractivity contribution in [2.45, 2.75) is 26.7 Å². The smallest absolute Gasteiger partial charge is 0.306 e. The third-order valence-electron chi connectivity index (χ3n) is 2.52. The van der Waals surface area contributed by atoms with Gasteiger partial charge in [-0.2, -0.15) is 0 Å². The summed E-state index contributed by atoms with van der Waals surface area (Å²) in [6.45, 7) is 8.16. The van der Waals surface area contributed by atoms with Gasteiger partial charge in [0, 0.05) is 12.0 Å². The zero-order chi connectivity index (χ0) is 15.0. The van der Waals surface area contributed by atoms with Crippen LogP contribution in [0.3, 0.4) is 0 Å². The molecule has 0 atom stereocenters. The van der Waals surface area contributed by atoms with Crippen molar-refractivity contribution in [1.82, 2.24) is 0 Å². The number of carbonyl (C=O) groups is 2. The standard InChI is InChI=1S/C16H20O4/c1-4-19-16(18)10-9-15(17)13-5-7-14(8-6-13)20-11-12(2)3/h5-8H,2,4,9-11H2,1,3H3. The van der Waals surface area contributed by atoms with E-state index >= 15 is 0 Å². The van der Waals surface area contributed by atoms with E-state index in [1.165, 1.54) is 0 Å². The molecule has 0 aliphatic carbocycles. The highest BCUT2D eigenvalue weighted by Crippen LogP contribution is 2.14. The summed E-state index contributed by atoms with van der Waals surface area (Å²) in [5, 5.41) is 0. The summed E-state index contributed by atoms with van der Waals surface area (Å²) in [7, 11) is 0. The van der Waals surface area contributed by atoms with Gasteiger partial charge in [-0.3, -0.25) is 9.59 Å². The van der Waals surface area contributed by atoms with Gasteiger partial charge in [-0.25, -0.2) is 0 Å². The van der Waals surface area contributed by atoms with Crippen LogP contribution < -0.4 is 4.74 Å². The van der Waals surface area contributed by atoms with Gasteiger partial charge in [-0.05, 0) is 43.7 Å². The predicted molar refractivity (Wildman–Crippen MR) is 76.9 cm³/mol. The molecule has 0 radical (unpaired) electrons. The summed E-state index contributed by atoms with van der Waals surface area (Å²) >= 11 is 0. The largest absolute Gasteiger partial charge is 0.489 e. The molecule has 4 heteroatoms. The van der Waals surface area contributed by atoms with Gasteiger partial charge in [0.15, 0.2) is 5.78 Å². The Kier molecular flexibility index (Phi) is 6.50. The van der Waals surface area contributed by atoms with E-state index in [9.17, 15) is 9.59 Å². The van der Waals surface area contributed by atoms with Crippen LogP contribution in [0.2, 0.25) is 0 Å². The van der Waals surface area contributed by atoms with Crippen molar-refractivity contribution >= 4 is 11.8 Å². The molecule has 0 amide bonds. The molecule has 4 nitrogen and oxygen atoms in total. The van der Waals surface area contributed by atoms with Gasteiger partial charge in [0.1, 0.15) is 12.4 Å². The minimum atomic E-state index is -0.345. The van der Waals surface area contributed by atoms with Crippen LogP contribution in [0.1, 0.15) is 37.0 Å². The molecule has 0 saturated carbocycles. The molecule has 0 N–H and O–H groups in total. The minimum Gasteiger partial charge on any atom is -0.489 e. The van der Waals surface area contributed by atoms with Crippen molar-refractivity contribution in [1.29, 1.82) is 0 Å². The van der Waals surface area contributed by atoms with Crippen molar-refractivity contribution in [2.24, 2.45) is 0 Å². The normalized spacial score (nSPS) is 9.90. The van der Waals surface area contributed by atoms with Crippen molar-refractivity contribution in [2.75, 3.05) is 13.2 Å². The lowest BCUT2D eigenvalue weighted by Crippen LogP contribution is -2.08. The number of ketones is 1. The number of ether oxygens (including phenoxy) is 2. The topological polar surface area (TPSA) is 52.6 Å². The molecule has 0 aliphatic heterocycles. The first-order valence-electron chi connectivity index (χ1n) is 6.59. The fourth-order valence-electron chi connectivity index (χ4n) is 1.54. The molecular formula is C16H20O4. The number of carbonyl (C=O) groups excluding carboxylic acids is 2. The highest BCUT2D eigenvalue weighted by atomic mass is 16.5. The number of hydrogen-bond acceptors (Lipinski definition) is 4. The van der Waals surface area contributed by atoms with E-state index < -0.39 is 0 Å². The van der Waals surface area contributed by atoms with Crippen LogP contribution >= 0.6 is 0 Å². The molecular weight excluding hydrogens is 256 g/mol. The van der Waals surface area contributed by atoms with E-state index in [2.05, 4.69) is 6.58 Å². The Morgan fingerprint density at radius 3 is 2.35 bits per heavy atom. The Hall–Kier alpha value is -2.10. The highest BCUT2D eigenvalue weighted by molar-refractivity contribution is 5.97. The number of rotatable bonds is 8. The second-order valence-corrected chi connectivity index (χ2v) is 4.50. The Morgan fingerprint density at radius 1 is 1.15 bits per heavy atom. The predicted octanol–water partition coefficient (Wildman–Crippen LogP) is 3.17. The zero-order valence-electron chi connectivity index (χ0n) is 12.0. The zero-order valence-corrected chi connectivity index (χ0v) is 12.0. The fourth-order valence-corrected chi connectivity index (χ4v) is 1.54. The molecule has 0 aliphatic rings. The van der Waals surface area contributed by atoms with Crippen LogP contribution in [0.5, 0.6) is 5.75 Å². The van der Waals surface area contributed by atoms with E-state index in [1.54, 1.807) is 31.2 Å². The Morgan fingerprint density at radius 2 is 1.80 bits per heavy atom. The lowest BCUT2D eigenvalue weighted by molar-refractivity contribution is -0.143. The number of esters is 1. The Labute approximate surface area is 119 Å². The van der Waals surface area contributed by atoms with E-state index in [1.807, 2.05) is 6.92 Å². The molecule has 108 valence electrons. The van der Waals surface area contributed by atoms with Crippen molar-refractivity contribution in [3.05, 3.63) is 42.0 Å². The molecule has 0 aromatic heterocycles. The molecule has 0 fully saturated rings. The third kappa shape index (κ3) is 5.69. The molecule has 1 aromatic rings. The van der Waals surface area contributed by atoms with E-state index in [0.717, 1.165) is 5.57 Å².